The summed E-state index contributed by atoms with van der Waals surface area (Å²) in [5.74, 6) is -21.0. The number of alkyl halides is 10. The van der Waals surface area contributed by atoms with Crippen molar-refractivity contribution < 1.29 is 96.6 Å². The molecule has 4 saturated carbocycles. The fraction of sp³-hybridized carbons (Fsp3) is 0.843. The van der Waals surface area contributed by atoms with E-state index < -0.39 is 236 Å². The van der Waals surface area contributed by atoms with Crippen molar-refractivity contribution in [3.05, 3.63) is 0 Å². The summed E-state index contributed by atoms with van der Waals surface area (Å²) >= 11 is 0. The van der Waals surface area contributed by atoms with E-state index in [1.54, 1.807) is 20.8 Å². The van der Waals surface area contributed by atoms with E-state index in [2.05, 4.69) is 21.3 Å². The normalized spacial score (nSPS) is 33.4. The number of nitrogens with zero attached hydrogens (tertiary/aromatic N) is 7. The second-order valence-corrected chi connectivity index (χ2v) is 30.9. The number of likely N-dealkylation sites (N-methyl/N-ethyl adjacent to an activating group) is 5. The average molecular weight is 1470 g/mol. The van der Waals surface area contributed by atoms with Gasteiger partial charge in [-0.15, -0.1) is 0 Å². The van der Waals surface area contributed by atoms with Gasteiger partial charge in [0.15, 0.2) is 0 Å². The quantitative estimate of drug-likeness (QED) is 0.157. The maximum Gasteiger partial charge on any atom is 0.397 e. The molecule has 4 N–H and O–H groups in total. The van der Waals surface area contributed by atoms with E-state index in [1.807, 2.05) is 13.8 Å². The summed E-state index contributed by atoms with van der Waals surface area (Å²) in [5, 5.41) is 10.6. The fourth-order valence-corrected chi connectivity index (χ4v) is 16.4. The monoisotopic (exact) mass is 1470 g/mol. The van der Waals surface area contributed by atoms with Crippen LogP contribution < -0.4 is 21.3 Å². The van der Waals surface area contributed by atoms with Crippen molar-refractivity contribution in [2.75, 3.05) is 54.9 Å². The number of halogens is 10. The van der Waals surface area contributed by atoms with Crippen LogP contribution in [0.3, 0.4) is 0 Å². The molecule has 2 unspecified atom stereocenters. The van der Waals surface area contributed by atoms with Crippen molar-refractivity contribution >= 4 is 65.0 Å². The largest absolute Gasteiger partial charge is 0.397 e. The van der Waals surface area contributed by atoms with Crippen LogP contribution in [0.5, 0.6) is 0 Å². The Morgan fingerprint density at radius 2 is 1.20 bits per heavy atom. The zero-order chi connectivity index (χ0) is 76.0. The molecule has 3 saturated heterocycles. The first-order valence-electron chi connectivity index (χ1n) is 36.5. The van der Waals surface area contributed by atoms with Crippen LogP contribution >= 0.6 is 0 Å². The molecule has 12 atom stereocenters. The number of carbonyl (C=O) groups excluding carboxylic acids is 11. The minimum absolute atomic E-state index is 0.00864. The summed E-state index contributed by atoms with van der Waals surface area (Å²) in [5.41, 5.74) is -1.84. The van der Waals surface area contributed by atoms with Gasteiger partial charge >= 0.3 is 12.4 Å². The van der Waals surface area contributed by atoms with E-state index in [-0.39, 0.29) is 76.7 Å². The van der Waals surface area contributed by atoms with Gasteiger partial charge in [0, 0.05) is 60.7 Å². The lowest BCUT2D eigenvalue weighted by molar-refractivity contribution is -0.219. The van der Waals surface area contributed by atoms with Crippen LogP contribution in [0.25, 0.3) is 0 Å². The fourth-order valence-electron chi connectivity index (χ4n) is 16.4. The van der Waals surface area contributed by atoms with Crippen LogP contribution in [-0.2, 0) is 52.7 Å². The van der Waals surface area contributed by atoms with Crippen molar-refractivity contribution in [3.63, 3.8) is 0 Å². The third-order valence-corrected chi connectivity index (χ3v) is 23.2. The van der Waals surface area contributed by atoms with Gasteiger partial charge in [0.05, 0.1) is 19.0 Å². The zero-order valence-corrected chi connectivity index (χ0v) is 60.7. The molecule has 7 rings (SSSR count). The van der Waals surface area contributed by atoms with Gasteiger partial charge < -0.3 is 55.6 Å². The number of carbonyl (C=O) groups is 11. The van der Waals surface area contributed by atoms with Crippen LogP contribution in [0, 0.1) is 41.4 Å². The van der Waals surface area contributed by atoms with Crippen LogP contribution in [0.4, 0.5) is 43.9 Å². The molecule has 4 aliphatic carbocycles. The molecule has 11 amide bonds. The molecule has 0 bridgehead atoms. The van der Waals surface area contributed by atoms with E-state index in [9.17, 15) is 64.7 Å². The Morgan fingerprint density at radius 1 is 0.588 bits per heavy atom. The minimum atomic E-state index is -5.26. The molecule has 7 fully saturated rings. The Hall–Kier alpha value is -6.53. The van der Waals surface area contributed by atoms with Crippen LogP contribution in [-0.4, -0.2) is 245 Å². The standard InChI is InChI=1S/C70H107F10N11O11/c1-12-39(4)56-64(100)87(9)41(6)61(97)90-29-26-50(90)58(94)82-49(34-42-20-23-45(24-21-42)69(75,76)77)62(98)85(7)36-53(92)81-48(25-22-43-32-46(71)55(47(72)33-43)70(78,79)80)63(99)91-37-68(73,74)35-52(91)60(96)84-67(27-16-17-28-67)66(102)89(11)57(44-18-14-13-15-19-44)65(101)86(8)40(5)31-54(93)88(10)51(30-38(2)3)59(95)83-56/h38-52,55-57H,12-37H2,1-11H3,(H,81,92)(H,82,94)(H,83,95)(H,84,96)/t39-,40+,41-,42?,43?,45?,46?,47?,48-,49-,50-,51-,52-,55?,56-,57-/m0/s1. The molecule has 32 heteroatoms. The van der Waals surface area contributed by atoms with E-state index in [4.69, 9.17) is 0 Å². The highest BCUT2D eigenvalue weighted by molar-refractivity contribution is 6.00. The highest BCUT2D eigenvalue weighted by Gasteiger charge is 2.57. The van der Waals surface area contributed by atoms with Crippen LogP contribution in [0.15, 0.2) is 0 Å². The van der Waals surface area contributed by atoms with E-state index in [0.717, 1.165) is 28.2 Å². The van der Waals surface area contributed by atoms with Crippen molar-refractivity contribution in [3.8, 4) is 0 Å². The topological polar surface area (TPSA) is 259 Å². The molecule has 0 aromatic heterocycles. The van der Waals surface area contributed by atoms with Crippen LogP contribution in [0.2, 0.25) is 0 Å². The number of rotatable bonds is 10. The first-order chi connectivity index (χ1) is 47.5. The van der Waals surface area contributed by atoms with Crippen molar-refractivity contribution in [1.82, 2.24) is 55.6 Å². The third kappa shape index (κ3) is 19.7. The Balaban J connectivity index is 1.27. The maximum absolute atomic E-state index is 16.1. The number of nitrogens with one attached hydrogen (secondary N) is 4. The van der Waals surface area contributed by atoms with E-state index in [0.29, 0.717) is 49.8 Å². The predicted molar refractivity (Wildman–Crippen MR) is 353 cm³/mol. The molecule has 22 nitrogen and oxygen atoms in total. The third-order valence-electron chi connectivity index (χ3n) is 23.2. The number of amides is 11. The smallest absolute Gasteiger partial charge is 0.343 e. The van der Waals surface area contributed by atoms with E-state index in [1.165, 1.54) is 49.8 Å². The summed E-state index contributed by atoms with van der Waals surface area (Å²) in [4.78, 5) is 170. The van der Waals surface area contributed by atoms with Gasteiger partial charge in [0.25, 0.3) is 5.92 Å². The molecule has 7 aliphatic rings. The summed E-state index contributed by atoms with van der Waals surface area (Å²) in [6.07, 6.45) is -16.4. The number of hydrogen-bond donors (Lipinski definition) is 4. The second-order valence-electron chi connectivity index (χ2n) is 30.9. The Kier molecular flexibility index (Phi) is 27.7. The second kappa shape index (κ2) is 34.1. The average Bonchev–Trinajstić information content (AvgIpc) is 1.52. The Morgan fingerprint density at radius 3 is 1.75 bits per heavy atom. The van der Waals surface area contributed by atoms with Crippen molar-refractivity contribution in [1.29, 1.82) is 0 Å². The van der Waals surface area contributed by atoms with Gasteiger partial charge in [-0.1, -0.05) is 66.2 Å². The van der Waals surface area contributed by atoms with Crippen molar-refractivity contribution in [2.24, 2.45) is 41.4 Å². The molecule has 578 valence electrons. The molecule has 0 radical (unpaired) electrons. The van der Waals surface area contributed by atoms with Gasteiger partial charge in [-0.3, -0.25) is 52.7 Å². The van der Waals surface area contributed by atoms with Gasteiger partial charge in [0.2, 0.25) is 65.0 Å². The lowest BCUT2D eigenvalue weighted by Crippen LogP contribution is -2.65. The number of hydrogen-bond acceptors (Lipinski definition) is 11. The van der Waals surface area contributed by atoms with Crippen LogP contribution in [0.1, 0.15) is 189 Å². The minimum Gasteiger partial charge on any atom is -0.343 e. The molecule has 0 aromatic rings. The molecule has 3 aliphatic heterocycles. The molecule has 3 heterocycles. The Labute approximate surface area is 591 Å². The van der Waals surface area contributed by atoms with E-state index >= 15 is 31.9 Å². The summed E-state index contributed by atoms with van der Waals surface area (Å²) < 4.78 is 146. The highest BCUT2D eigenvalue weighted by Crippen LogP contribution is 2.46. The summed E-state index contributed by atoms with van der Waals surface area (Å²) in [6, 6.07) is -12.7. The summed E-state index contributed by atoms with van der Waals surface area (Å²) in [7, 11) is 6.75. The maximum atomic E-state index is 16.1. The zero-order valence-electron chi connectivity index (χ0n) is 60.7. The molecule has 102 heavy (non-hydrogen) atoms. The van der Waals surface area contributed by atoms with Gasteiger partial charge in [0.1, 0.15) is 72.1 Å². The van der Waals surface area contributed by atoms with Crippen molar-refractivity contribution in [2.45, 2.75) is 280 Å². The molecular weight excluding hydrogens is 1360 g/mol. The summed E-state index contributed by atoms with van der Waals surface area (Å²) in [6.45, 7) is 7.77. The van der Waals surface area contributed by atoms with Gasteiger partial charge in [-0.05, 0) is 140 Å². The Bertz CT molecular complexity index is 3010. The molecule has 0 aromatic carbocycles. The molecular formula is C70H107F10N11O11. The lowest BCUT2D eigenvalue weighted by atomic mass is 9.76. The number of fused-ring (bicyclic) bond motifs is 2. The highest BCUT2D eigenvalue weighted by atomic mass is 19.4. The molecule has 1 spiro atoms. The predicted octanol–water partition coefficient (Wildman–Crippen LogP) is 7.39. The van der Waals surface area contributed by atoms with Gasteiger partial charge in [-0.25, -0.2) is 17.6 Å². The van der Waals surface area contributed by atoms with Gasteiger partial charge in [-0.2, -0.15) is 26.3 Å². The first kappa shape index (κ1) is 82.8. The first-order valence-corrected chi connectivity index (χ1v) is 36.5. The lowest BCUT2D eigenvalue weighted by Gasteiger charge is -2.43. The SMILES string of the molecule is CC[C@H](C)[C@@H]1NC(=O)[C@H](CC(C)C)N(C)C(=O)C[C@@H](C)N(C)C(=O)[C@H](C2CCCCC2)N(C)C(=O)C2(CCCC2)NC(=O)[C@@H]2CC(F)(F)CN2C(=O)[C@H](CCC2CC(F)C(C(F)(F)F)C(F)C2)NC(=O)CN(C)C(=O)[C@H](CC2CCC(C(F)(F)F)CC2)NC(=O)[C@@H]2CCN2C(=O)[C@H](C)N(C)C1=O.